The van der Waals surface area contributed by atoms with Crippen LogP contribution in [0.2, 0.25) is 0 Å². The lowest BCUT2D eigenvalue weighted by Crippen LogP contribution is -2.39. The second-order valence-electron chi connectivity index (χ2n) is 7.38. The second-order valence-corrected chi connectivity index (χ2v) is 8.38. The summed E-state index contributed by atoms with van der Waals surface area (Å²) in [7, 11) is 3.99. The molecule has 0 saturated carbocycles. The van der Waals surface area contributed by atoms with Gasteiger partial charge in [0.2, 0.25) is 0 Å². The van der Waals surface area contributed by atoms with Crippen LogP contribution in [0.3, 0.4) is 0 Å². The fourth-order valence-corrected chi connectivity index (χ4v) is 4.14. The molecule has 1 amide bonds. The Bertz CT molecular complexity index is 970. The number of carbonyl (C=O) groups is 1. The Morgan fingerprint density at radius 3 is 2.38 bits per heavy atom. The molecular formula is C22H28ClN3O2S. The minimum absolute atomic E-state index is 0. The van der Waals surface area contributed by atoms with Gasteiger partial charge in [0.1, 0.15) is 5.75 Å². The topological polar surface area (TPSA) is 45.7 Å². The maximum atomic E-state index is 13.0. The van der Waals surface area contributed by atoms with Crippen molar-refractivity contribution in [2.75, 3.05) is 38.7 Å². The van der Waals surface area contributed by atoms with Gasteiger partial charge in [-0.25, -0.2) is 4.98 Å². The van der Waals surface area contributed by atoms with E-state index >= 15 is 0 Å². The summed E-state index contributed by atoms with van der Waals surface area (Å²) in [4.78, 5) is 21.5. The number of anilines is 1. The van der Waals surface area contributed by atoms with E-state index in [4.69, 9.17) is 9.72 Å². The first-order valence-corrected chi connectivity index (χ1v) is 10.2. The van der Waals surface area contributed by atoms with Crippen LogP contribution < -0.4 is 9.64 Å². The number of amides is 1. The third kappa shape index (κ3) is 5.92. The van der Waals surface area contributed by atoms with Gasteiger partial charge in [-0.2, -0.15) is 0 Å². The van der Waals surface area contributed by atoms with Gasteiger partial charge in [0.25, 0.3) is 5.91 Å². The molecule has 0 aliphatic heterocycles. The maximum absolute atomic E-state index is 13.0. The van der Waals surface area contributed by atoms with E-state index in [1.165, 1.54) is 5.56 Å². The predicted molar refractivity (Wildman–Crippen MR) is 124 cm³/mol. The quantitative estimate of drug-likeness (QED) is 0.545. The fraction of sp³-hybridized carbons (Fsp3) is 0.364. The molecule has 7 heteroatoms. The number of thiazole rings is 1. The van der Waals surface area contributed by atoms with Gasteiger partial charge in [-0.05, 0) is 64.2 Å². The van der Waals surface area contributed by atoms with E-state index in [9.17, 15) is 4.79 Å². The number of ether oxygens (including phenoxy) is 1. The number of likely N-dealkylation sites (N-methyl/N-ethyl adjacent to an activating group) is 1. The first-order chi connectivity index (χ1) is 13.3. The highest BCUT2D eigenvalue weighted by atomic mass is 35.5. The summed E-state index contributed by atoms with van der Waals surface area (Å²) in [6.07, 6.45) is 0. The van der Waals surface area contributed by atoms with Crippen LogP contribution >= 0.6 is 23.7 Å². The average molecular weight is 434 g/mol. The van der Waals surface area contributed by atoms with Gasteiger partial charge in [0, 0.05) is 13.1 Å². The zero-order valence-corrected chi connectivity index (χ0v) is 19.2. The van der Waals surface area contributed by atoms with E-state index in [0.29, 0.717) is 12.3 Å². The first-order valence-electron chi connectivity index (χ1n) is 9.36. The summed E-state index contributed by atoms with van der Waals surface area (Å²) in [6, 6.07) is 12.0. The second kappa shape index (κ2) is 10.1. The molecule has 1 heterocycles. The van der Waals surface area contributed by atoms with Crippen molar-refractivity contribution in [2.24, 2.45) is 0 Å². The van der Waals surface area contributed by atoms with Crippen LogP contribution in [-0.4, -0.2) is 49.6 Å². The van der Waals surface area contributed by atoms with Gasteiger partial charge >= 0.3 is 0 Å². The van der Waals surface area contributed by atoms with Crippen molar-refractivity contribution >= 4 is 45.0 Å². The molecule has 0 unspecified atom stereocenters. The van der Waals surface area contributed by atoms with Crippen LogP contribution in [0.25, 0.3) is 10.2 Å². The number of rotatable bonds is 7. The molecule has 0 N–H and O–H groups in total. The number of nitrogens with zero attached hydrogens (tertiary/aromatic N) is 3. The van der Waals surface area contributed by atoms with Gasteiger partial charge < -0.3 is 9.64 Å². The van der Waals surface area contributed by atoms with Crippen molar-refractivity contribution in [3.63, 3.8) is 0 Å². The Labute approximate surface area is 182 Å². The highest BCUT2D eigenvalue weighted by molar-refractivity contribution is 7.22. The number of hydrogen-bond donors (Lipinski definition) is 0. The summed E-state index contributed by atoms with van der Waals surface area (Å²) >= 11 is 1.56. The summed E-state index contributed by atoms with van der Waals surface area (Å²) in [5.74, 6) is 0.609. The molecule has 3 aromatic rings. The Kier molecular flexibility index (Phi) is 8.02. The highest BCUT2D eigenvalue weighted by Gasteiger charge is 2.21. The molecule has 0 radical (unpaired) electrons. The third-order valence-electron chi connectivity index (χ3n) is 4.50. The largest absolute Gasteiger partial charge is 0.484 e. The van der Waals surface area contributed by atoms with Crippen LogP contribution in [0.1, 0.15) is 16.7 Å². The summed E-state index contributed by atoms with van der Waals surface area (Å²) < 4.78 is 6.83. The number of hydrogen-bond acceptors (Lipinski definition) is 5. The van der Waals surface area contributed by atoms with E-state index < -0.39 is 0 Å². The van der Waals surface area contributed by atoms with Crippen molar-refractivity contribution in [3.8, 4) is 5.75 Å². The minimum atomic E-state index is -0.0872. The smallest absolute Gasteiger partial charge is 0.266 e. The third-order valence-corrected chi connectivity index (χ3v) is 5.53. The van der Waals surface area contributed by atoms with E-state index in [2.05, 4.69) is 30.9 Å². The van der Waals surface area contributed by atoms with Crippen LogP contribution in [0.5, 0.6) is 5.75 Å². The summed E-state index contributed by atoms with van der Waals surface area (Å²) in [5.41, 5.74) is 4.46. The van der Waals surface area contributed by atoms with E-state index in [1.54, 1.807) is 16.2 Å². The van der Waals surface area contributed by atoms with Crippen molar-refractivity contribution in [1.29, 1.82) is 0 Å². The standard InChI is InChI=1S/C22H27N3O2S.ClH/c1-15-6-8-18(9-7-15)27-14-20(26)25(11-10-24(4)5)22-23-21-17(3)12-16(2)13-19(21)28-22;/h6-9,12-13H,10-11,14H2,1-5H3;1H. The SMILES string of the molecule is Cc1ccc(OCC(=O)N(CCN(C)C)c2nc3c(C)cc(C)cc3s2)cc1.Cl. The van der Waals surface area contributed by atoms with Crippen LogP contribution in [0, 0.1) is 20.8 Å². The lowest BCUT2D eigenvalue weighted by atomic mass is 10.1. The lowest BCUT2D eigenvalue weighted by Gasteiger charge is -2.22. The number of carbonyl (C=O) groups excluding carboxylic acids is 1. The van der Waals surface area contributed by atoms with E-state index in [0.717, 1.165) is 33.0 Å². The van der Waals surface area contributed by atoms with Gasteiger partial charge in [-0.15, -0.1) is 12.4 Å². The normalized spacial score (nSPS) is 10.8. The highest BCUT2D eigenvalue weighted by Crippen LogP contribution is 2.31. The molecule has 0 aliphatic carbocycles. The maximum Gasteiger partial charge on any atom is 0.266 e. The van der Waals surface area contributed by atoms with Crippen molar-refractivity contribution in [2.45, 2.75) is 20.8 Å². The van der Waals surface area contributed by atoms with Crippen LogP contribution in [0.4, 0.5) is 5.13 Å². The molecular weight excluding hydrogens is 406 g/mol. The van der Waals surface area contributed by atoms with Crippen molar-refractivity contribution < 1.29 is 9.53 Å². The van der Waals surface area contributed by atoms with Gasteiger partial charge in [-0.1, -0.05) is 35.1 Å². The number of fused-ring (bicyclic) bond motifs is 1. The van der Waals surface area contributed by atoms with E-state index in [1.807, 2.05) is 45.3 Å². The minimum Gasteiger partial charge on any atom is -0.484 e. The van der Waals surface area contributed by atoms with E-state index in [-0.39, 0.29) is 24.9 Å². The Morgan fingerprint density at radius 2 is 1.72 bits per heavy atom. The lowest BCUT2D eigenvalue weighted by molar-refractivity contribution is -0.120. The zero-order chi connectivity index (χ0) is 20.3. The number of halogens is 1. The average Bonchev–Trinajstić information content (AvgIpc) is 3.05. The molecule has 5 nitrogen and oxygen atoms in total. The van der Waals surface area contributed by atoms with Gasteiger partial charge in [0.15, 0.2) is 11.7 Å². The molecule has 0 bridgehead atoms. The fourth-order valence-electron chi connectivity index (χ4n) is 2.96. The predicted octanol–water partition coefficient (Wildman–Crippen LogP) is 4.62. The number of aromatic nitrogens is 1. The molecule has 0 fully saturated rings. The molecule has 1 aromatic heterocycles. The molecule has 0 saturated heterocycles. The molecule has 3 rings (SSSR count). The summed E-state index contributed by atoms with van der Waals surface area (Å²) in [5, 5.41) is 0.725. The number of aryl methyl sites for hydroxylation is 3. The molecule has 2 aromatic carbocycles. The Morgan fingerprint density at radius 1 is 1.03 bits per heavy atom. The molecule has 0 aliphatic rings. The zero-order valence-electron chi connectivity index (χ0n) is 17.6. The summed E-state index contributed by atoms with van der Waals surface area (Å²) in [6.45, 7) is 7.48. The van der Waals surface area contributed by atoms with Crippen LogP contribution in [0.15, 0.2) is 36.4 Å². The van der Waals surface area contributed by atoms with Gasteiger partial charge in [0.05, 0.1) is 10.2 Å². The van der Waals surface area contributed by atoms with Gasteiger partial charge in [-0.3, -0.25) is 9.69 Å². The Balaban J connectivity index is 0.00000300. The van der Waals surface area contributed by atoms with Crippen molar-refractivity contribution in [3.05, 3.63) is 53.1 Å². The van der Waals surface area contributed by atoms with Crippen molar-refractivity contribution in [1.82, 2.24) is 9.88 Å². The number of benzene rings is 2. The molecule has 0 atom stereocenters. The Hall–Kier alpha value is -2.15. The monoisotopic (exact) mass is 433 g/mol. The molecule has 156 valence electrons. The van der Waals surface area contributed by atoms with Crippen LogP contribution in [-0.2, 0) is 4.79 Å². The molecule has 0 spiro atoms. The molecule has 29 heavy (non-hydrogen) atoms. The first kappa shape index (κ1) is 23.1.